The van der Waals surface area contributed by atoms with Crippen molar-refractivity contribution < 1.29 is 17.9 Å². The first-order chi connectivity index (χ1) is 12.2. The second-order valence-electron chi connectivity index (χ2n) is 6.38. The number of hydrogen-bond donors (Lipinski definition) is 1. The van der Waals surface area contributed by atoms with Crippen LogP contribution in [-0.4, -0.2) is 39.3 Å². The van der Waals surface area contributed by atoms with Gasteiger partial charge in [0.05, 0.1) is 4.90 Å². The Hall–Kier alpha value is -2.38. The highest BCUT2D eigenvalue weighted by atomic mass is 32.2. The van der Waals surface area contributed by atoms with Crippen molar-refractivity contribution in [2.45, 2.75) is 24.7 Å². The van der Waals surface area contributed by atoms with E-state index in [1.54, 1.807) is 12.1 Å². The highest BCUT2D eigenvalue weighted by Crippen LogP contribution is 2.19. The molecule has 0 aromatic heterocycles. The highest BCUT2D eigenvalue weighted by Gasteiger charge is 2.17. The summed E-state index contributed by atoms with van der Waals surface area (Å²) in [4.78, 5) is 12.2. The van der Waals surface area contributed by atoms with E-state index in [0.29, 0.717) is 17.4 Å². The van der Waals surface area contributed by atoms with E-state index < -0.39 is 10.0 Å². The van der Waals surface area contributed by atoms with Crippen LogP contribution in [0.1, 0.15) is 25.3 Å². The molecular formula is C19H24N2O4S. The van der Waals surface area contributed by atoms with Crippen LogP contribution in [0.15, 0.2) is 53.4 Å². The van der Waals surface area contributed by atoms with Crippen LogP contribution in [-0.2, 0) is 14.8 Å². The summed E-state index contributed by atoms with van der Waals surface area (Å²) in [6.45, 7) is 4.05. The summed E-state index contributed by atoms with van der Waals surface area (Å²) in [5.41, 5.74) is 1.59. The molecule has 0 radical (unpaired) electrons. The number of carbonyl (C=O) groups excluding carboxylic acids is 1. The molecule has 2 aromatic rings. The third-order valence-electron chi connectivity index (χ3n) is 3.81. The third kappa shape index (κ3) is 5.06. The van der Waals surface area contributed by atoms with E-state index in [2.05, 4.69) is 19.2 Å². The molecule has 0 unspecified atom stereocenters. The molecule has 7 heteroatoms. The molecule has 0 bridgehead atoms. The van der Waals surface area contributed by atoms with Gasteiger partial charge >= 0.3 is 0 Å². The molecule has 2 aromatic carbocycles. The Bertz CT molecular complexity index is 859. The van der Waals surface area contributed by atoms with Crippen LogP contribution < -0.4 is 10.1 Å². The minimum atomic E-state index is -3.55. The van der Waals surface area contributed by atoms with Gasteiger partial charge in [-0.1, -0.05) is 32.0 Å². The number of nitrogens with zero attached hydrogens (tertiary/aromatic N) is 1. The van der Waals surface area contributed by atoms with E-state index in [4.69, 9.17) is 4.74 Å². The average Bonchev–Trinajstić information content (AvgIpc) is 2.60. The summed E-state index contributed by atoms with van der Waals surface area (Å²) in [7, 11) is -0.636. The number of benzene rings is 2. The van der Waals surface area contributed by atoms with E-state index in [1.807, 2.05) is 24.3 Å². The summed E-state index contributed by atoms with van der Waals surface area (Å²) in [6.07, 6.45) is 0. The second-order valence-corrected chi connectivity index (χ2v) is 8.53. The Balaban J connectivity index is 1.98. The molecule has 1 amide bonds. The molecule has 0 heterocycles. The molecule has 0 aliphatic carbocycles. The van der Waals surface area contributed by atoms with Crippen LogP contribution in [0.5, 0.6) is 5.75 Å². The third-order valence-corrected chi connectivity index (χ3v) is 5.62. The van der Waals surface area contributed by atoms with E-state index in [9.17, 15) is 13.2 Å². The first-order valence-electron chi connectivity index (χ1n) is 8.25. The maximum atomic E-state index is 12.1. The SMILES string of the molecule is CC(C)c1ccc(OCC(=O)Nc2cccc(S(=O)(=O)N(C)C)c2)cc1. The molecule has 0 aliphatic rings. The molecule has 0 fully saturated rings. The summed E-state index contributed by atoms with van der Waals surface area (Å²) in [5, 5.41) is 2.65. The summed E-state index contributed by atoms with van der Waals surface area (Å²) >= 11 is 0. The van der Waals surface area contributed by atoms with Gasteiger partial charge in [-0.3, -0.25) is 4.79 Å². The quantitative estimate of drug-likeness (QED) is 0.806. The zero-order chi connectivity index (χ0) is 19.3. The van der Waals surface area contributed by atoms with E-state index in [1.165, 1.54) is 31.8 Å². The van der Waals surface area contributed by atoms with Crippen LogP contribution in [0.25, 0.3) is 0 Å². The maximum Gasteiger partial charge on any atom is 0.262 e. The van der Waals surface area contributed by atoms with Gasteiger partial charge in [-0.25, -0.2) is 12.7 Å². The topological polar surface area (TPSA) is 75.7 Å². The van der Waals surface area contributed by atoms with Gasteiger partial charge in [-0.15, -0.1) is 0 Å². The van der Waals surface area contributed by atoms with Gasteiger partial charge in [0.25, 0.3) is 5.91 Å². The number of amides is 1. The van der Waals surface area contributed by atoms with Crippen molar-refractivity contribution in [1.29, 1.82) is 0 Å². The summed E-state index contributed by atoms with van der Waals surface area (Å²) in [6, 6.07) is 13.7. The monoisotopic (exact) mass is 376 g/mol. The fourth-order valence-corrected chi connectivity index (χ4v) is 3.19. The van der Waals surface area contributed by atoms with Crippen molar-refractivity contribution in [3.63, 3.8) is 0 Å². The van der Waals surface area contributed by atoms with Crippen molar-refractivity contribution in [2.24, 2.45) is 0 Å². The fourth-order valence-electron chi connectivity index (χ4n) is 2.24. The van der Waals surface area contributed by atoms with Crippen molar-refractivity contribution in [3.8, 4) is 5.75 Å². The van der Waals surface area contributed by atoms with Gasteiger partial charge < -0.3 is 10.1 Å². The number of sulfonamides is 1. The van der Waals surface area contributed by atoms with Crippen molar-refractivity contribution in [2.75, 3.05) is 26.0 Å². The van der Waals surface area contributed by atoms with Gasteiger partial charge in [0.1, 0.15) is 5.75 Å². The molecular weight excluding hydrogens is 352 g/mol. The minimum absolute atomic E-state index is 0.116. The first-order valence-corrected chi connectivity index (χ1v) is 9.69. The Kier molecular flexibility index (Phi) is 6.39. The highest BCUT2D eigenvalue weighted by molar-refractivity contribution is 7.89. The van der Waals surface area contributed by atoms with Crippen molar-refractivity contribution in [3.05, 3.63) is 54.1 Å². The maximum absolute atomic E-state index is 12.1. The lowest BCUT2D eigenvalue weighted by molar-refractivity contribution is -0.118. The van der Waals surface area contributed by atoms with Crippen molar-refractivity contribution in [1.82, 2.24) is 4.31 Å². The Labute approximate surface area is 154 Å². The molecule has 140 valence electrons. The molecule has 0 saturated carbocycles. The molecule has 6 nitrogen and oxygen atoms in total. The van der Waals surface area contributed by atoms with Crippen LogP contribution in [0.3, 0.4) is 0 Å². The lowest BCUT2D eigenvalue weighted by Gasteiger charge is -2.13. The molecule has 0 saturated heterocycles. The Morgan fingerprint density at radius 2 is 1.77 bits per heavy atom. The second kappa shape index (κ2) is 8.33. The van der Waals surface area contributed by atoms with Gasteiger partial charge in [0.15, 0.2) is 6.61 Å². The lowest BCUT2D eigenvalue weighted by Crippen LogP contribution is -2.23. The molecule has 26 heavy (non-hydrogen) atoms. The predicted molar refractivity (Wildman–Crippen MR) is 102 cm³/mol. The van der Waals surface area contributed by atoms with Gasteiger partial charge in [-0.05, 0) is 41.8 Å². The van der Waals surface area contributed by atoms with Crippen LogP contribution in [0.2, 0.25) is 0 Å². The van der Waals surface area contributed by atoms with E-state index in [-0.39, 0.29) is 17.4 Å². The smallest absolute Gasteiger partial charge is 0.262 e. The van der Waals surface area contributed by atoms with Gasteiger partial charge in [0.2, 0.25) is 10.0 Å². The number of carbonyl (C=O) groups is 1. The fraction of sp³-hybridized carbons (Fsp3) is 0.316. The zero-order valence-electron chi connectivity index (χ0n) is 15.4. The van der Waals surface area contributed by atoms with E-state index in [0.717, 1.165) is 4.31 Å². The first kappa shape index (κ1) is 19.9. The largest absolute Gasteiger partial charge is 0.484 e. The predicted octanol–water partition coefficient (Wildman–Crippen LogP) is 3.08. The lowest BCUT2D eigenvalue weighted by atomic mass is 10.0. The number of hydrogen-bond acceptors (Lipinski definition) is 4. The van der Waals surface area contributed by atoms with Gasteiger partial charge in [-0.2, -0.15) is 0 Å². The van der Waals surface area contributed by atoms with Crippen LogP contribution in [0.4, 0.5) is 5.69 Å². The summed E-state index contributed by atoms with van der Waals surface area (Å²) < 4.78 is 30.9. The Morgan fingerprint density at radius 1 is 1.12 bits per heavy atom. The number of rotatable bonds is 7. The molecule has 0 atom stereocenters. The van der Waals surface area contributed by atoms with Crippen molar-refractivity contribution >= 4 is 21.6 Å². The van der Waals surface area contributed by atoms with Crippen LogP contribution in [0, 0.1) is 0 Å². The van der Waals surface area contributed by atoms with Crippen LogP contribution >= 0.6 is 0 Å². The molecule has 1 N–H and O–H groups in total. The molecule has 2 rings (SSSR count). The molecule has 0 spiro atoms. The van der Waals surface area contributed by atoms with E-state index >= 15 is 0 Å². The standard InChI is InChI=1S/C19H24N2O4S/c1-14(2)15-8-10-17(11-9-15)25-13-19(22)20-16-6-5-7-18(12-16)26(23,24)21(3)4/h5-12,14H,13H2,1-4H3,(H,20,22). The number of ether oxygens (including phenoxy) is 1. The normalized spacial score (nSPS) is 11.6. The minimum Gasteiger partial charge on any atom is -0.484 e. The number of nitrogens with one attached hydrogen (secondary N) is 1. The number of anilines is 1. The Morgan fingerprint density at radius 3 is 2.35 bits per heavy atom. The summed E-state index contributed by atoms with van der Waals surface area (Å²) in [5.74, 6) is 0.670. The molecule has 0 aliphatic heterocycles. The van der Waals surface area contributed by atoms with Gasteiger partial charge in [0, 0.05) is 19.8 Å². The zero-order valence-corrected chi connectivity index (χ0v) is 16.2. The average molecular weight is 376 g/mol.